The summed E-state index contributed by atoms with van der Waals surface area (Å²) in [7, 11) is 0. The monoisotopic (exact) mass is 230 g/mol. The van der Waals surface area contributed by atoms with Crippen LogP contribution in [0.1, 0.15) is 38.0 Å². The normalized spacial score (nSPS) is 14.1. The molecule has 1 atom stereocenters. The van der Waals surface area contributed by atoms with Crippen LogP contribution in [0.4, 0.5) is 4.39 Å². The average molecular weight is 231 g/mol. The molecule has 0 saturated heterocycles. The van der Waals surface area contributed by atoms with Gasteiger partial charge in [0, 0.05) is 5.56 Å². The molecule has 0 aromatic heterocycles. The highest BCUT2D eigenvalue weighted by Gasteiger charge is 2.28. The van der Waals surface area contributed by atoms with Crippen molar-refractivity contribution in [3.63, 3.8) is 0 Å². The molecule has 0 aliphatic heterocycles. The van der Waals surface area contributed by atoms with Crippen LogP contribution in [-0.2, 0) is 0 Å². The topological polar surface area (TPSA) is 20.2 Å². The second kappa shape index (κ2) is 4.11. The predicted octanol–water partition coefficient (Wildman–Crippen LogP) is 3.87. The second-order valence-electron chi connectivity index (χ2n) is 4.86. The smallest absolute Gasteiger partial charge is 0.130 e. The number of benzene rings is 1. The molecule has 0 spiro atoms. The summed E-state index contributed by atoms with van der Waals surface area (Å²) in [6, 6.07) is 2.95. The van der Waals surface area contributed by atoms with E-state index in [0.29, 0.717) is 5.02 Å². The van der Waals surface area contributed by atoms with Crippen LogP contribution in [0, 0.1) is 18.2 Å². The molecule has 15 heavy (non-hydrogen) atoms. The number of aliphatic hydroxyl groups excluding tert-OH is 1. The van der Waals surface area contributed by atoms with Gasteiger partial charge in [0.25, 0.3) is 0 Å². The van der Waals surface area contributed by atoms with Gasteiger partial charge in [0.05, 0.1) is 11.1 Å². The summed E-state index contributed by atoms with van der Waals surface area (Å²) in [6.45, 7) is 7.32. The van der Waals surface area contributed by atoms with E-state index in [1.165, 1.54) is 6.07 Å². The van der Waals surface area contributed by atoms with E-state index in [1.807, 2.05) is 20.8 Å². The van der Waals surface area contributed by atoms with Gasteiger partial charge in [-0.1, -0.05) is 38.4 Å². The lowest BCUT2D eigenvalue weighted by Gasteiger charge is -2.27. The minimum atomic E-state index is -0.898. The van der Waals surface area contributed by atoms with Crippen molar-refractivity contribution in [1.29, 1.82) is 0 Å². The Labute approximate surface area is 94.9 Å². The fourth-order valence-electron chi connectivity index (χ4n) is 1.36. The maximum Gasteiger partial charge on any atom is 0.130 e. The highest BCUT2D eigenvalue weighted by Crippen LogP contribution is 2.38. The van der Waals surface area contributed by atoms with Crippen molar-refractivity contribution in [2.24, 2.45) is 5.41 Å². The van der Waals surface area contributed by atoms with Gasteiger partial charge in [-0.25, -0.2) is 4.39 Å². The van der Waals surface area contributed by atoms with Crippen molar-refractivity contribution < 1.29 is 9.50 Å². The van der Waals surface area contributed by atoms with Crippen LogP contribution in [0.25, 0.3) is 0 Å². The molecule has 0 aliphatic carbocycles. The second-order valence-corrected chi connectivity index (χ2v) is 5.24. The molecule has 1 unspecified atom stereocenters. The molecule has 0 radical (unpaired) electrons. The van der Waals surface area contributed by atoms with Crippen molar-refractivity contribution in [3.05, 3.63) is 34.1 Å². The molecule has 0 fully saturated rings. The summed E-state index contributed by atoms with van der Waals surface area (Å²) >= 11 is 6.00. The molecule has 84 valence electrons. The number of rotatable bonds is 1. The van der Waals surface area contributed by atoms with Crippen molar-refractivity contribution in [3.8, 4) is 0 Å². The quantitative estimate of drug-likeness (QED) is 0.777. The van der Waals surface area contributed by atoms with E-state index in [1.54, 1.807) is 13.0 Å². The summed E-state index contributed by atoms with van der Waals surface area (Å²) in [6.07, 6.45) is -0.898. The fourth-order valence-corrected chi connectivity index (χ4v) is 1.62. The lowest BCUT2D eigenvalue weighted by atomic mass is 9.84. The number of hydrogen-bond donors (Lipinski definition) is 1. The summed E-state index contributed by atoms with van der Waals surface area (Å²) in [5.41, 5.74) is 0.540. The van der Waals surface area contributed by atoms with Gasteiger partial charge in [-0.15, -0.1) is 0 Å². The van der Waals surface area contributed by atoms with Gasteiger partial charge < -0.3 is 5.11 Å². The zero-order valence-corrected chi connectivity index (χ0v) is 10.2. The van der Waals surface area contributed by atoms with Gasteiger partial charge >= 0.3 is 0 Å². The molecule has 1 nitrogen and oxygen atoms in total. The van der Waals surface area contributed by atoms with Crippen LogP contribution in [0.15, 0.2) is 12.1 Å². The van der Waals surface area contributed by atoms with Gasteiger partial charge in [-0.2, -0.15) is 0 Å². The zero-order valence-electron chi connectivity index (χ0n) is 9.44. The molecule has 3 heteroatoms. The Morgan fingerprint density at radius 1 is 1.33 bits per heavy atom. The molecule has 0 saturated carbocycles. The van der Waals surface area contributed by atoms with E-state index >= 15 is 0 Å². The third-order valence-electron chi connectivity index (χ3n) is 2.41. The molecule has 1 aromatic carbocycles. The summed E-state index contributed by atoms with van der Waals surface area (Å²) in [4.78, 5) is 0. The number of halogens is 2. The standard InChI is InChI=1S/C12H16ClFO/c1-7-5-6-8(14)9(10(7)13)11(15)12(2,3)4/h5-6,11,15H,1-4H3. The van der Waals surface area contributed by atoms with E-state index in [0.717, 1.165) is 5.56 Å². The van der Waals surface area contributed by atoms with Crippen molar-refractivity contribution >= 4 is 11.6 Å². The minimum absolute atomic E-state index is 0.198. The summed E-state index contributed by atoms with van der Waals surface area (Å²) < 4.78 is 13.6. The van der Waals surface area contributed by atoms with Crippen LogP contribution < -0.4 is 0 Å². The Morgan fingerprint density at radius 2 is 1.87 bits per heavy atom. The van der Waals surface area contributed by atoms with Crippen LogP contribution >= 0.6 is 11.6 Å². The summed E-state index contributed by atoms with van der Waals surface area (Å²) in [5, 5.41) is 10.3. The maximum atomic E-state index is 13.6. The summed E-state index contributed by atoms with van der Waals surface area (Å²) in [5.74, 6) is -0.451. The van der Waals surface area contributed by atoms with E-state index in [4.69, 9.17) is 11.6 Å². The molecular weight excluding hydrogens is 215 g/mol. The fraction of sp³-hybridized carbons (Fsp3) is 0.500. The number of aryl methyl sites for hydroxylation is 1. The lowest BCUT2D eigenvalue weighted by molar-refractivity contribution is 0.0595. The molecule has 0 bridgehead atoms. The molecule has 0 aliphatic rings. The molecule has 1 N–H and O–H groups in total. The average Bonchev–Trinajstić information content (AvgIpc) is 2.10. The van der Waals surface area contributed by atoms with Gasteiger partial charge in [0.1, 0.15) is 5.82 Å². The van der Waals surface area contributed by atoms with Crippen LogP contribution in [-0.4, -0.2) is 5.11 Å². The predicted molar refractivity (Wildman–Crippen MR) is 60.6 cm³/mol. The van der Waals surface area contributed by atoms with Crippen molar-refractivity contribution in [2.45, 2.75) is 33.8 Å². The molecule has 1 rings (SSSR count). The Balaban J connectivity index is 3.31. The molecule has 0 amide bonds. The lowest BCUT2D eigenvalue weighted by Crippen LogP contribution is -2.19. The largest absolute Gasteiger partial charge is 0.388 e. The van der Waals surface area contributed by atoms with E-state index in [-0.39, 0.29) is 5.56 Å². The first-order valence-electron chi connectivity index (χ1n) is 4.87. The first-order chi connectivity index (χ1) is 6.75. The van der Waals surface area contributed by atoms with E-state index in [2.05, 4.69) is 0 Å². The van der Waals surface area contributed by atoms with Crippen LogP contribution in [0.5, 0.6) is 0 Å². The van der Waals surface area contributed by atoms with E-state index < -0.39 is 17.3 Å². The number of hydrogen-bond acceptors (Lipinski definition) is 1. The highest BCUT2D eigenvalue weighted by atomic mass is 35.5. The SMILES string of the molecule is Cc1ccc(F)c(C(O)C(C)(C)C)c1Cl. The van der Waals surface area contributed by atoms with Gasteiger partial charge in [-0.3, -0.25) is 0 Å². The first-order valence-corrected chi connectivity index (χ1v) is 5.25. The van der Waals surface area contributed by atoms with Crippen molar-refractivity contribution in [1.82, 2.24) is 0 Å². The zero-order chi connectivity index (χ0) is 11.8. The van der Waals surface area contributed by atoms with Gasteiger partial charge in [-0.05, 0) is 24.0 Å². The van der Waals surface area contributed by atoms with Gasteiger partial charge in [0.2, 0.25) is 0 Å². The maximum absolute atomic E-state index is 13.6. The number of aliphatic hydroxyl groups is 1. The Morgan fingerprint density at radius 3 is 2.33 bits per heavy atom. The van der Waals surface area contributed by atoms with Crippen LogP contribution in [0.2, 0.25) is 5.02 Å². The Hall–Kier alpha value is -0.600. The third kappa shape index (κ3) is 2.50. The minimum Gasteiger partial charge on any atom is -0.388 e. The third-order valence-corrected chi connectivity index (χ3v) is 2.92. The van der Waals surface area contributed by atoms with Crippen molar-refractivity contribution in [2.75, 3.05) is 0 Å². The molecular formula is C12H16ClFO. The van der Waals surface area contributed by atoms with Gasteiger partial charge in [0.15, 0.2) is 0 Å². The Kier molecular flexibility index (Phi) is 3.41. The van der Waals surface area contributed by atoms with E-state index in [9.17, 15) is 9.50 Å². The first kappa shape index (κ1) is 12.5. The highest BCUT2D eigenvalue weighted by molar-refractivity contribution is 6.32. The molecule has 1 aromatic rings. The molecule has 0 heterocycles. The Bertz CT molecular complexity index is 369. The van der Waals surface area contributed by atoms with Crippen LogP contribution in [0.3, 0.4) is 0 Å².